The molecule has 4 rings (SSSR count). The smallest absolute Gasteiger partial charge is 0.408 e. The van der Waals surface area contributed by atoms with Crippen LogP contribution < -0.4 is 10.6 Å². The number of hydrogen-bond donors (Lipinski definition) is 2. The normalized spacial score (nSPS) is 11.9. The van der Waals surface area contributed by atoms with Crippen LogP contribution in [-0.2, 0) is 33.9 Å². The fourth-order valence-corrected chi connectivity index (χ4v) is 4.03. The van der Waals surface area contributed by atoms with Gasteiger partial charge in [-0.3, -0.25) is 9.59 Å². The van der Waals surface area contributed by atoms with Crippen LogP contribution in [-0.4, -0.2) is 29.7 Å². The largest absolute Gasteiger partial charge is 0.445 e. The number of fused-ring (bicyclic) bond motifs is 1. The standard InChI is InChI=1S/C30H26F2N2O4/c31-30(32,28(36)33-19-21-10-3-1-4-11-21)27(35)26(34-29(37)38-20-22-12-5-2-6-13-22)18-24-16-9-15-23-14-7-8-17-25(23)24/h1-17,26H,18-20H2,(H,33,36)(H,34,37). The van der Waals surface area contributed by atoms with E-state index in [-0.39, 0.29) is 19.6 Å². The Hall–Kier alpha value is -4.59. The second-order valence-electron chi connectivity index (χ2n) is 8.71. The molecule has 6 nitrogen and oxygen atoms in total. The molecule has 194 valence electrons. The fraction of sp³-hybridized carbons (Fsp3) is 0.167. The van der Waals surface area contributed by atoms with Gasteiger partial charge in [-0.25, -0.2) is 4.79 Å². The van der Waals surface area contributed by atoms with E-state index in [1.54, 1.807) is 84.9 Å². The summed E-state index contributed by atoms with van der Waals surface area (Å²) in [5.74, 6) is -7.86. The van der Waals surface area contributed by atoms with Crippen molar-refractivity contribution >= 4 is 28.6 Å². The Labute approximate surface area is 218 Å². The highest BCUT2D eigenvalue weighted by Crippen LogP contribution is 2.24. The van der Waals surface area contributed by atoms with Crippen LogP contribution in [0.15, 0.2) is 103 Å². The molecule has 1 atom stereocenters. The van der Waals surface area contributed by atoms with Crippen molar-refractivity contribution in [2.75, 3.05) is 0 Å². The highest BCUT2D eigenvalue weighted by atomic mass is 19.3. The van der Waals surface area contributed by atoms with E-state index in [2.05, 4.69) is 10.6 Å². The van der Waals surface area contributed by atoms with Gasteiger partial charge >= 0.3 is 12.0 Å². The van der Waals surface area contributed by atoms with Crippen molar-refractivity contribution < 1.29 is 27.9 Å². The third-order valence-corrected chi connectivity index (χ3v) is 6.02. The summed E-state index contributed by atoms with van der Waals surface area (Å²) >= 11 is 0. The molecule has 0 bridgehead atoms. The van der Waals surface area contributed by atoms with Crippen LogP contribution in [0.2, 0.25) is 0 Å². The number of carbonyl (C=O) groups excluding carboxylic acids is 3. The number of hydrogen-bond acceptors (Lipinski definition) is 4. The lowest BCUT2D eigenvalue weighted by molar-refractivity contribution is -0.159. The molecule has 0 aliphatic rings. The number of carbonyl (C=O) groups is 3. The lowest BCUT2D eigenvalue weighted by atomic mass is 9.94. The Morgan fingerprint density at radius 2 is 1.37 bits per heavy atom. The number of halogens is 2. The molecule has 2 N–H and O–H groups in total. The van der Waals surface area contributed by atoms with E-state index in [0.29, 0.717) is 16.7 Å². The molecule has 4 aromatic carbocycles. The molecule has 0 aromatic heterocycles. The molecule has 0 saturated heterocycles. The number of rotatable bonds is 10. The summed E-state index contributed by atoms with van der Waals surface area (Å²) < 4.78 is 35.4. The average molecular weight is 517 g/mol. The summed E-state index contributed by atoms with van der Waals surface area (Å²) in [4.78, 5) is 38.1. The van der Waals surface area contributed by atoms with E-state index in [1.807, 2.05) is 18.2 Å². The summed E-state index contributed by atoms with van der Waals surface area (Å²) in [6.07, 6.45) is -1.31. The Kier molecular flexibility index (Phi) is 8.43. The van der Waals surface area contributed by atoms with Crippen molar-refractivity contribution in [3.63, 3.8) is 0 Å². The van der Waals surface area contributed by atoms with Gasteiger partial charge in [0.05, 0.1) is 0 Å². The van der Waals surface area contributed by atoms with Crippen molar-refractivity contribution in [2.24, 2.45) is 0 Å². The zero-order valence-electron chi connectivity index (χ0n) is 20.4. The predicted octanol–water partition coefficient (Wildman–Crippen LogP) is 5.20. The van der Waals surface area contributed by atoms with E-state index < -0.39 is 29.7 Å². The van der Waals surface area contributed by atoms with Crippen LogP contribution in [0, 0.1) is 0 Å². The molecule has 8 heteroatoms. The quantitative estimate of drug-likeness (QED) is 0.284. The molecule has 0 aliphatic carbocycles. The predicted molar refractivity (Wildman–Crippen MR) is 139 cm³/mol. The van der Waals surface area contributed by atoms with E-state index >= 15 is 8.78 Å². The van der Waals surface area contributed by atoms with Gasteiger partial charge in [0.2, 0.25) is 5.78 Å². The summed E-state index contributed by atoms with van der Waals surface area (Å²) in [5.41, 5.74) is 1.84. The Morgan fingerprint density at radius 1 is 0.763 bits per heavy atom. The van der Waals surface area contributed by atoms with Gasteiger partial charge in [0.25, 0.3) is 5.91 Å². The third kappa shape index (κ3) is 6.59. The van der Waals surface area contributed by atoms with Crippen LogP contribution in [0.25, 0.3) is 10.8 Å². The number of Topliss-reactive ketones (excluding diaryl/α,β-unsaturated/α-hetero) is 1. The van der Waals surface area contributed by atoms with E-state index in [0.717, 1.165) is 10.8 Å². The number of alkyl halides is 2. The number of alkyl carbamates (subject to hydrolysis) is 1. The van der Waals surface area contributed by atoms with E-state index in [9.17, 15) is 14.4 Å². The van der Waals surface area contributed by atoms with Crippen molar-refractivity contribution in [1.29, 1.82) is 0 Å². The maximum atomic E-state index is 15.1. The molecule has 0 fully saturated rings. The van der Waals surface area contributed by atoms with Crippen LogP contribution in [0.1, 0.15) is 16.7 Å². The van der Waals surface area contributed by atoms with Crippen LogP contribution in [0.4, 0.5) is 13.6 Å². The minimum Gasteiger partial charge on any atom is -0.445 e. The summed E-state index contributed by atoms with van der Waals surface area (Å²) in [6, 6.07) is 28.1. The van der Waals surface area contributed by atoms with Crippen molar-refractivity contribution in [1.82, 2.24) is 10.6 Å². The molecule has 38 heavy (non-hydrogen) atoms. The molecular formula is C30H26F2N2O4. The Bertz CT molecular complexity index is 1410. The maximum Gasteiger partial charge on any atom is 0.408 e. The first-order chi connectivity index (χ1) is 18.3. The molecule has 0 spiro atoms. The molecule has 0 aliphatic heterocycles. The van der Waals surface area contributed by atoms with Crippen LogP contribution in [0.5, 0.6) is 0 Å². The first-order valence-corrected chi connectivity index (χ1v) is 12.0. The number of amides is 2. The lowest BCUT2D eigenvalue weighted by Gasteiger charge is -2.23. The Morgan fingerprint density at radius 3 is 2.08 bits per heavy atom. The summed E-state index contributed by atoms with van der Waals surface area (Å²) in [6.45, 7) is -0.293. The second-order valence-corrected chi connectivity index (χ2v) is 8.71. The number of ketones is 1. The number of nitrogens with one attached hydrogen (secondary N) is 2. The lowest BCUT2D eigenvalue weighted by Crippen LogP contribution is -2.55. The van der Waals surface area contributed by atoms with Gasteiger partial charge in [-0.1, -0.05) is 103 Å². The van der Waals surface area contributed by atoms with Gasteiger partial charge in [-0.15, -0.1) is 0 Å². The van der Waals surface area contributed by atoms with E-state index in [4.69, 9.17) is 4.74 Å². The molecule has 4 aromatic rings. The first kappa shape index (κ1) is 26.5. The first-order valence-electron chi connectivity index (χ1n) is 12.0. The molecular weight excluding hydrogens is 490 g/mol. The zero-order valence-corrected chi connectivity index (χ0v) is 20.4. The van der Waals surface area contributed by atoms with Gasteiger partial charge < -0.3 is 15.4 Å². The Balaban J connectivity index is 1.53. The van der Waals surface area contributed by atoms with Crippen LogP contribution in [0.3, 0.4) is 0 Å². The zero-order chi connectivity index (χ0) is 27.0. The van der Waals surface area contributed by atoms with Crippen LogP contribution >= 0.6 is 0 Å². The fourth-order valence-electron chi connectivity index (χ4n) is 4.03. The molecule has 0 radical (unpaired) electrons. The highest BCUT2D eigenvalue weighted by Gasteiger charge is 2.50. The van der Waals surface area contributed by atoms with Gasteiger partial charge in [0, 0.05) is 13.0 Å². The van der Waals surface area contributed by atoms with Gasteiger partial charge in [0.1, 0.15) is 12.6 Å². The summed E-state index contributed by atoms with van der Waals surface area (Å²) in [5, 5.41) is 5.96. The van der Waals surface area contributed by atoms with Crippen molar-refractivity contribution in [3.8, 4) is 0 Å². The van der Waals surface area contributed by atoms with Gasteiger partial charge in [-0.2, -0.15) is 8.78 Å². The second kappa shape index (κ2) is 12.1. The summed E-state index contributed by atoms with van der Waals surface area (Å²) in [7, 11) is 0. The van der Waals surface area contributed by atoms with Gasteiger partial charge in [-0.05, 0) is 27.5 Å². The minimum atomic E-state index is -4.39. The highest BCUT2D eigenvalue weighted by molar-refractivity contribution is 6.10. The minimum absolute atomic E-state index is 0.115. The number of benzene rings is 4. The monoisotopic (exact) mass is 516 g/mol. The van der Waals surface area contributed by atoms with Gasteiger partial charge in [0.15, 0.2) is 0 Å². The molecule has 0 saturated carbocycles. The van der Waals surface area contributed by atoms with Crippen molar-refractivity contribution in [2.45, 2.75) is 31.5 Å². The molecule has 0 heterocycles. The SMILES string of the molecule is O=C(NC(Cc1cccc2ccccc12)C(=O)C(F)(F)C(=O)NCc1ccccc1)OCc1ccccc1. The van der Waals surface area contributed by atoms with Crippen molar-refractivity contribution in [3.05, 3.63) is 120 Å². The number of ether oxygens (including phenoxy) is 1. The topological polar surface area (TPSA) is 84.5 Å². The maximum absolute atomic E-state index is 15.1. The molecule has 2 amide bonds. The van der Waals surface area contributed by atoms with E-state index in [1.165, 1.54) is 0 Å². The third-order valence-electron chi connectivity index (χ3n) is 6.02. The molecule has 1 unspecified atom stereocenters. The average Bonchev–Trinajstić information content (AvgIpc) is 2.95.